The van der Waals surface area contributed by atoms with Crippen molar-refractivity contribution in [2.24, 2.45) is 5.92 Å². The summed E-state index contributed by atoms with van der Waals surface area (Å²) in [5.74, 6) is -0.0715. The van der Waals surface area contributed by atoms with Crippen LogP contribution in [0.2, 0.25) is 0 Å². The summed E-state index contributed by atoms with van der Waals surface area (Å²) in [7, 11) is -4.09. The number of carbonyl (C=O) groups is 3. The number of Topliss-reactive ketones (excluding diaryl/α,β-unsaturated/α-hetero) is 1. The number of amides is 2. The van der Waals surface area contributed by atoms with Crippen LogP contribution >= 0.6 is 0 Å². The SMILES string of the molecule is CC(=O)c1ccc(N2C[C@@H](C(=O)N[C@@H](Cc3ccccc3)[C@H](O)CN(CC(C)C)S(=O)(=O)c3ccc4c(c3)OCO4)OC2=O)cc1. The summed E-state index contributed by atoms with van der Waals surface area (Å²) in [6.45, 7) is 4.87. The van der Waals surface area contributed by atoms with E-state index in [-0.39, 0.29) is 49.4 Å². The number of ketones is 1. The quantitative estimate of drug-likeness (QED) is 0.265. The molecule has 1 saturated heterocycles. The van der Waals surface area contributed by atoms with Crippen LogP contribution in [0.15, 0.2) is 77.7 Å². The summed E-state index contributed by atoms with van der Waals surface area (Å²) < 4.78 is 44.9. The molecular formula is C33H37N3O9S. The molecule has 0 saturated carbocycles. The van der Waals surface area contributed by atoms with Gasteiger partial charge in [0.05, 0.1) is 23.6 Å². The molecule has 2 N–H and O–H groups in total. The first kappa shape index (κ1) is 32.9. The molecule has 0 aromatic heterocycles. The van der Waals surface area contributed by atoms with Gasteiger partial charge < -0.3 is 24.6 Å². The predicted octanol–water partition coefficient (Wildman–Crippen LogP) is 3.38. The fourth-order valence-electron chi connectivity index (χ4n) is 5.31. The predicted molar refractivity (Wildman–Crippen MR) is 168 cm³/mol. The van der Waals surface area contributed by atoms with Gasteiger partial charge in [-0.05, 0) is 61.2 Å². The van der Waals surface area contributed by atoms with Crippen molar-refractivity contribution in [1.82, 2.24) is 9.62 Å². The molecule has 2 aliphatic rings. The van der Waals surface area contributed by atoms with Crippen LogP contribution in [-0.2, 0) is 26.0 Å². The van der Waals surface area contributed by atoms with E-state index in [0.717, 1.165) is 5.56 Å². The normalized spacial score (nSPS) is 17.2. The smallest absolute Gasteiger partial charge is 0.415 e. The van der Waals surface area contributed by atoms with Crippen LogP contribution in [0.5, 0.6) is 11.5 Å². The van der Waals surface area contributed by atoms with Crippen molar-refractivity contribution in [3.63, 3.8) is 0 Å². The highest BCUT2D eigenvalue weighted by Gasteiger charge is 2.39. The topological polar surface area (TPSA) is 152 Å². The zero-order chi connectivity index (χ0) is 33.0. The molecule has 0 aliphatic carbocycles. The fourth-order valence-corrected chi connectivity index (χ4v) is 6.95. The number of aliphatic hydroxyl groups is 1. The van der Waals surface area contributed by atoms with Crippen LogP contribution in [0, 0.1) is 5.92 Å². The molecular weight excluding hydrogens is 614 g/mol. The van der Waals surface area contributed by atoms with Crippen molar-refractivity contribution in [2.75, 3.05) is 31.3 Å². The standard InChI is InChI=1S/C33H37N3O9S/c1-21(2)17-35(46(41,42)26-13-14-29-30(16-26)44-20-43-29)18-28(38)27(15-23-7-5-4-6-8-23)34-32(39)31-19-36(33(40)45-31)25-11-9-24(10-12-25)22(3)37/h4-14,16,21,27-28,31,38H,15,17-20H2,1-3H3,(H,34,39)/t27-,28+,31-/m0/s1. The van der Waals surface area contributed by atoms with Crippen LogP contribution in [0.1, 0.15) is 36.7 Å². The second-order valence-electron chi connectivity index (χ2n) is 11.7. The van der Waals surface area contributed by atoms with Gasteiger partial charge in [0.25, 0.3) is 5.91 Å². The van der Waals surface area contributed by atoms with E-state index in [1.807, 2.05) is 44.2 Å². The third-order valence-corrected chi connectivity index (χ3v) is 9.55. The van der Waals surface area contributed by atoms with E-state index in [0.29, 0.717) is 22.7 Å². The highest BCUT2D eigenvalue weighted by atomic mass is 32.2. The number of benzene rings is 3. The molecule has 2 aliphatic heterocycles. The monoisotopic (exact) mass is 651 g/mol. The van der Waals surface area contributed by atoms with Gasteiger partial charge in [0, 0.05) is 30.4 Å². The molecule has 0 unspecified atom stereocenters. The van der Waals surface area contributed by atoms with E-state index in [1.165, 1.54) is 34.3 Å². The van der Waals surface area contributed by atoms with Gasteiger partial charge in [-0.3, -0.25) is 14.5 Å². The number of hydrogen-bond acceptors (Lipinski definition) is 9. The Morgan fingerprint density at radius 1 is 1.00 bits per heavy atom. The molecule has 0 radical (unpaired) electrons. The number of carbonyl (C=O) groups excluding carboxylic acids is 3. The van der Waals surface area contributed by atoms with Crippen molar-refractivity contribution in [3.05, 3.63) is 83.9 Å². The molecule has 13 heteroatoms. The van der Waals surface area contributed by atoms with Gasteiger partial charge in [-0.1, -0.05) is 44.2 Å². The van der Waals surface area contributed by atoms with E-state index >= 15 is 0 Å². The molecule has 46 heavy (non-hydrogen) atoms. The number of rotatable bonds is 13. The summed E-state index contributed by atoms with van der Waals surface area (Å²) in [6, 6.07) is 19.0. The second-order valence-corrected chi connectivity index (χ2v) is 13.6. The van der Waals surface area contributed by atoms with E-state index < -0.39 is 40.3 Å². The van der Waals surface area contributed by atoms with Crippen LogP contribution in [0.3, 0.4) is 0 Å². The Hall–Kier alpha value is -4.46. The average molecular weight is 652 g/mol. The second kappa shape index (κ2) is 13.9. The van der Waals surface area contributed by atoms with Crippen molar-refractivity contribution in [2.45, 2.75) is 50.3 Å². The zero-order valence-corrected chi connectivity index (χ0v) is 26.6. The first-order valence-corrected chi connectivity index (χ1v) is 16.4. The lowest BCUT2D eigenvalue weighted by Crippen LogP contribution is -2.53. The molecule has 244 valence electrons. The number of nitrogens with zero attached hydrogens (tertiary/aromatic N) is 2. The van der Waals surface area contributed by atoms with Gasteiger partial charge in [0.2, 0.25) is 16.8 Å². The number of aliphatic hydroxyl groups excluding tert-OH is 1. The minimum absolute atomic E-state index is 0.00562. The number of cyclic esters (lactones) is 1. The number of ether oxygens (including phenoxy) is 3. The van der Waals surface area contributed by atoms with Gasteiger partial charge in [-0.2, -0.15) is 4.31 Å². The highest BCUT2D eigenvalue weighted by Crippen LogP contribution is 2.35. The minimum atomic E-state index is -4.09. The summed E-state index contributed by atoms with van der Waals surface area (Å²) in [5.41, 5.74) is 1.75. The molecule has 1 fully saturated rings. The van der Waals surface area contributed by atoms with Crippen molar-refractivity contribution < 1.29 is 42.1 Å². The summed E-state index contributed by atoms with van der Waals surface area (Å²) in [5, 5.41) is 14.4. The molecule has 3 aromatic carbocycles. The Balaban J connectivity index is 1.34. The molecule has 0 bridgehead atoms. The van der Waals surface area contributed by atoms with E-state index in [1.54, 1.807) is 24.3 Å². The Kier molecular flexibility index (Phi) is 9.94. The maximum Gasteiger partial charge on any atom is 0.415 e. The van der Waals surface area contributed by atoms with Gasteiger partial charge in [-0.25, -0.2) is 13.2 Å². The Morgan fingerprint density at radius 2 is 1.70 bits per heavy atom. The van der Waals surface area contributed by atoms with Gasteiger partial charge in [0.1, 0.15) is 0 Å². The third-order valence-electron chi connectivity index (χ3n) is 7.72. The molecule has 3 atom stereocenters. The first-order valence-electron chi connectivity index (χ1n) is 14.9. The summed E-state index contributed by atoms with van der Waals surface area (Å²) in [4.78, 5) is 39.1. The van der Waals surface area contributed by atoms with E-state index in [4.69, 9.17) is 14.2 Å². The van der Waals surface area contributed by atoms with Crippen LogP contribution in [0.4, 0.5) is 10.5 Å². The van der Waals surface area contributed by atoms with Crippen LogP contribution < -0.4 is 19.7 Å². The van der Waals surface area contributed by atoms with E-state index in [9.17, 15) is 27.9 Å². The number of nitrogens with one attached hydrogen (secondary N) is 1. The first-order chi connectivity index (χ1) is 21.9. The maximum absolute atomic E-state index is 13.8. The molecule has 12 nitrogen and oxygen atoms in total. The minimum Gasteiger partial charge on any atom is -0.454 e. The highest BCUT2D eigenvalue weighted by molar-refractivity contribution is 7.89. The largest absolute Gasteiger partial charge is 0.454 e. The summed E-state index contributed by atoms with van der Waals surface area (Å²) in [6.07, 6.45) is -3.06. The molecule has 2 heterocycles. The number of sulfonamides is 1. The van der Waals surface area contributed by atoms with Crippen molar-refractivity contribution in [3.8, 4) is 11.5 Å². The van der Waals surface area contributed by atoms with Gasteiger partial charge >= 0.3 is 6.09 Å². The number of fused-ring (bicyclic) bond motifs is 1. The Labute approximate surface area is 267 Å². The number of hydrogen-bond donors (Lipinski definition) is 2. The lowest BCUT2D eigenvalue weighted by atomic mass is 10.0. The fraction of sp³-hybridized carbons (Fsp3) is 0.364. The lowest BCUT2D eigenvalue weighted by Gasteiger charge is -2.31. The molecule has 0 spiro atoms. The Bertz CT molecular complexity index is 1680. The van der Waals surface area contributed by atoms with Crippen molar-refractivity contribution >= 4 is 33.5 Å². The number of anilines is 1. The lowest BCUT2D eigenvalue weighted by molar-refractivity contribution is -0.129. The van der Waals surface area contributed by atoms with Gasteiger partial charge in [-0.15, -0.1) is 0 Å². The Morgan fingerprint density at radius 3 is 2.37 bits per heavy atom. The average Bonchev–Trinajstić information content (AvgIpc) is 3.67. The van der Waals surface area contributed by atoms with Gasteiger partial charge in [0.15, 0.2) is 23.4 Å². The molecule has 5 rings (SSSR count). The van der Waals surface area contributed by atoms with E-state index in [2.05, 4.69) is 5.32 Å². The molecule has 2 amide bonds. The molecule has 3 aromatic rings. The van der Waals surface area contributed by atoms with Crippen LogP contribution in [0.25, 0.3) is 0 Å². The summed E-state index contributed by atoms with van der Waals surface area (Å²) >= 11 is 0. The zero-order valence-electron chi connectivity index (χ0n) is 25.8. The maximum atomic E-state index is 13.8. The van der Waals surface area contributed by atoms with Crippen LogP contribution in [-0.4, -0.2) is 80.3 Å². The third kappa shape index (κ3) is 7.49. The van der Waals surface area contributed by atoms with Crippen molar-refractivity contribution in [1.29, 1.82) is 0 Å².